The minimum absolute atomic E-state index is 0.433. The van der Waals surface area contributed by atoms with Gasteiger partial charge in [-0.1, -0.05) is 90.2 Å². The molecule has 1 aromatic carbocycles. The molecule has 0 radical (unpaired) electrons. The number of rotatable bonds is 16. The molecule has 25 heavy (non-hydrogen) atoms. The van der Waals surface area contributed by atoms with E-state index in [0.29, 0.717) is 5.75 Å². The van der Waals surface area contributed by atoms with E-state index < -0.39 is 0 Å². The van der Waals surface area contributed by atoms with Gasteiger partial charge in [0.05, 0.1) is 0 Å². The Labute approximate surface area is 156 Å². The normalized spacial score (nSPS) is 11.1. The third-order valence-corrected chi connectivity index (χ3v) is 4.99. The van der Waals surface area contributed by atoms with Gasteiger partial charge in [0.15, 0.2) is 0 Å². The van der Waals surface area contributed by atoms with E-state index in [2.05, 4.69) is 31.3 Å². The third kappa shape index (κ3) is 11.3. The second-order valence-electron chi connectivity index (χ2n) is 7.43. The van der Waals surface area contributed by atoms with Crippen molar-refractivity contribution in [3.8, 4) is 5.75 Å². The summed E-state index contributed by atoms with van der Waals surface area (Å²) in [4.78, 5) is 0. The van der Waals surface area contributed by atoms with Crippen LogP contribution in [0.3, 0.4) is 0 Å². The Bertz CT molecular complexity index is 430. The predicted molar refractivity (Wildman–Crippen MR) is 110 cm³/mol. The number of phenolic OH excluding ortho intramolecular Hbond substituents is 1. The second-order valence-corrected chi connectivity index (χ2v) is 7.43. The van der Waals surface area contributed by atoms with E-state index in [9.17, 15) is 5.11 Å². The van der Waals surface area contributed by atoms with Crippen molar-refractivity contribution in [3.05, 3.63) is 29.3 Å². The molecule has 0 aliphatic rings. The van der Waals surface area contributed by atoms with Crippen LogP contribution >= 0.6 is 0 Å². The van der Waals surface area contributed by atoms with Crippen LogP contribution < -0.4 is 5.32 Å². The highest BCUT2D eigenvalue weighted by atomic mass is 16.3. The van der Waals surface area contributed by atoms with Crippen LogP contribution in [0, 0.1) is 0 Å². The lowest BCUT2D eigenvalue weighted by atomic mass is 10.0. The minimum atomic E-state index is 0.433. The zero-order valence-electron chi connectivity index (χ0n) is 16.8. The Hall–Kier alpha value is -1.02. The highest BCUT2D eigenvalue weighted by Gasteiger charge is 2.03. The maximum absolute atomic E-state index is 10.1. The number of nitrogens with one attached hydrogen (secondary N) is 1. The molecule has 0 fully saturated rings. The van der Waals surface area contributed by atoms with Gasteiger partial charge in [-0.3, -0.25) is 0 Å². The lowest BCUT2D eigenvalue weighted by molar-refractivity contribution is 0.463. The molecule has 0 saturated carbocycles. The number of unbranched alkanes of at least 4 members (excludes halogenated alkanes) is 10. The molecule has 1 aromatic rings. The van der Waals surface area contributed by atoms with Gasteiger partial charge in [-0.25, -0.2) is 0 Å². The Balaban J connectivity index is 2.18. The SMILES string of the molecule is CCCCCCCCNCc1cc(CCCCCCCC)ccc1O. The van der Waals surface area contributed by atoms with Gasteiger partial charge in [-0.05, 0) is 37.4 Å². The summed E-state index contributed by atoms with van der Waals surface area (Å²) in [5, 5.41) is 13.6. The fourth-order valence-corrected chi connectivity index (χ4v) is 3.30. The fourth-order valence-electron chi connectivity index (χ4n) is 3.30. The molecular weight excluding hydrogens is 306 g/mol. The van der Waals surface area contributed by atoms with Crippen LogP contribution in [0.15, 0.2) is 18.2 Å². The van der Waals surface area contributed by atoms with Crippen molar-refractivity contribution in [3.63, 3.8) is 0 Å². The number of benzene rings is 1. The zero-order valence-corrected chi connectivity index (χ0v) is 16.8. The van der Waals surface area contributed by atoms with E-state index in [1.807, 2.05) is 6.07 Å². The van der Waals surface area contributed by atoms with Crippen LogP contribution in [0.1, 0.15) is 102 Å². The molecule has 0 unspecified atom stereocenters. The Morgan fingerprint density at radius 1 is 0.760 bits per heavy atom. The average molecular weight is 348 g/mol. The van der Waals surface area contributed by atoms with Crippen LogP contribution in [0.25, 0.3) is 0 Å². The first kappa shape index (κ1) is 22.0. The monoisotopic (exact) mass is 347 g/mol. The van der Waals surface area contributed by atoms with Crippen LogP contribution in [-0.2, 0) is 13.0 Å². The molecule has 1 rings (SSSR count). The van der Waals surface area contributed by atoms with Gasteiger partial charge in [0.1, 0.15) is 5.75 Å². The van der Waals surface area contributed by atoms with E-state index in [1.54, 1.807) is 0 Å². The van der Waals surface area contributed by atoms with Gasteiger partial charge in [0, 0.05) is 12.1 Å². The summed E-state index contributed by atoms with van der Waals surface area (Å²) >= 11 is 0. The number of hydrogen-bond acceptors (Lipinski definition) is 2. The number of aromatic hydroxyl groups is 1. The molecule has 0 spiro atoms. The van der Waals surface area contributed by atoms with E-state index in [1.165, 1.54) is 82.6 Å². The molecule has 2 N–H and O–H groups in total. The van der Waals surface area contributed by atoms with Crippen molar-refractivity contribution in [2.24, 2.45) is 0 Å². The van der Waals surface area contributed by atoms with Gasteiger partial charge < -0.3 is 10.4 Å². The Morgan fingerprint density at radius 2 is 1.36 bits per heavy atom. The molecule has 2 heteroatoms. The number of aryl methyl sites for hydroxylation is 1. The lowest BCUT2D eigenvalue weighted by Gasteiger charge is -2.10. The van der Waals surface area contributed by atoms with E-state index in [4.69, 9.17) is 0 Å². The van der Waals surface area contributed by atoms with Gasteiger partial charge in [0.2, 0.25) is 0 Å². The van der Waals surface area contributed by atoms with Gasteiger partial charge in [-0.15, -0.1) is 0 Å². The van der Waals surface area contributed by atoms with Crippen molar-refractivity contribution >= 4 is 0 Å². The summed E-state index contributed by atoms with van der Waals surface area (Å²) in [5.74, 6) is 0.433. The second kappa shape index (κ2) is 15.3. The Kier molecular flexibility index (Phi) is 13.4. The lowest BCUT2D eigenvalue weighted by Crippen LogP contribution is -2.15. The molecule has 0 saturated heterocycles. The van der Waals surface area contributed by atoms with Crippen LogP contribution in [-0.4, -0.2) is 11.7 Å². The molecule has 0 atom stereocenters. The molecule has 0 bridgehead atoms. The Morgan fingerprint density at radius 3 is 2.04 bits per heavy atom. The quantitative estimate of drug-likeness (QED) is 0.324. The first-order valence-corrected chi connectivity index (χ1v) is 10.8. The van der Waals surface area contributed by atoms with Crippen molar-refractivity contribution < 1.29 is 5.11 Å². The van der Waals surface area contributed by atoms with Crippen molar-refractivity contribution in [1.82, 2.24) is 5.32 Å². The highest BCUT2D eigenvalue weighted by molar-refractivity contribution is 5.36. The van der Waals surface area contributed by atoms with Crippen molar-refractivity contribution in [2.75, 3.05) is 6.54 Å². The molecule has 0 amide bonds. The van der Waals surface area contributed by atoms with Gasteiger partial charge in [0.25, 0.3) is 0 Å². The van der Waals surface area contributed by atoms with Crippen molar-refractivity contribution in [2.45, 2.75) is 104 Å². The molecule has 0 aliphatic heterocycles. The standard InChI is InChI=1S/C23H41NO/c1-3-5-7-9-11-13-15-21-16-17-23(25)22(19-21)20-24-18-14-12-10-8-6-4-2/h16-17,19,24-25H,3-15,18,20H2,1-2H3. The molecule has 0 aromatic heterocycles. The summed E-state index contributed by atoms with van der Waals surface area (Å²) in [6.45, 7) is 6.35. The maximum Gasteiger partial charge on any atom is 0.120 e. The number of hydrogen-bond donors (Lipinski definition) is 2. The summed E-state index contributed by atoms with van der Waals surface area (Å²) in [5.41, 5.74) is 2.42. The van der Waals surface area contributed by atoms with Crippen LogP contribution in [0.5, 0.6) is 5.75 Å². The van der Waals surface area contributed by atoms with Crippen LogP contribution in [0.4, 0.5) is 0 Å². The summed E-state index contributed by atoms with van der Waals surface area (Å²) < 4.78 is 0. The average Bonchev–Trinajstić information content (AvgIpc) is 2.62. The minimum Gasteiger partial charge on any atom is -0.508 e. The molecule has 0 heterocycles. The maximum atomic E-state index is 10.1. The summed E-state index contributed by atoms with van der Waals surface area (Å²) in [7, 11) is 0. The van der Waals surface area contributed by atoms with Crippen molar-refractivity contribution in [1.29, 1.82) is 0 Å². The molecule has 2 nitrogen and oxygen atoms in total. The van der Waals surface area contributed by atoms with Gasteiger partial charge >= 0.3 is 0 Å². The predicted octanol–water partition coefficient (Wildman–Crippen LogP) is 6.75. The third-order valence-electron chi connectivity index (χ3n) is 4.99. The number of phenols is 1. The fraction of sp³-hybridized carbons (Fsp3) is 0.739. The smallest absolute Gasteiger partial charge is 0.120 e. The highest BCUT2D eigenvalue weighted by Crippen LogP contribution is 2.20. The first-order valence-electron chi connectivity index (χ1n) is 10.8. The van der Waals surface area contributed by atoms with E-state index >= 15 is 0 Å². The largest absolute Gasteiger partial charge is 0.508 e. The summed E-state index contributed by atoms with van der Waals surface area (Å²) in [6.07, 6.45) is 17.1. The topological polar surface area (TPSA) is 32.3 Å². The molecule has 144 valence electrons. The van der Waals surface area contributed by atoms with Gasteiger partial charge in [-0.2, -0.15) is 0 Å². The van der Waals surface area contributed by atoms with E-state index in [0.717, 1.165) is 25.1 Å². The van der Waals surface area contributed by atoms with Crippen LogP contribution in [0.2, 0.25) is 0 Å². The molecule has 0 aliphatic carbocycles. The first-order chi connectivity index (χ1) is 12.3. The molecular formula is C23H41NO. The van der Waals surface area contributed by atoms with E-state index in [-0.39, 0.29) is 0 Å². The summed E-state index contributed by atoms with van der Waals surface area (Å²) in [6, 6.07) is 6.14. The zero-order chi connectivity index (χ0) is 18.2.